The van der Waals surface area contributed by atoms with E-state index in [9.17, 15) is 13.6 Å². The number of carbonyl (C=O) groups is 1. The SMILES string of the molecule is CC(=O)NOS(=O)[O-].CC1=C(C)NC=CC=C1.CCC. The molecule has 0 radical (unpaired) electrons. The zero-order valence-electron chi connectivity index (χ0n) is 12.6. The summed E-state index contributed by atoms with van der Waals surface area (Å²) in [7, 11) is 0. The van der Waals surface area contributed by atoms with E-state index in [1.54, 1.807) is 5.48 Å². The van der Waals surface area contributed by atoms with Crippen LogP contribution in [-0.4, -0.2) is 14.7 Å². The van der Waals surface area contributed by atoms with E-state index in [0.29, 0.717) is 0 Å². The molecule has 0 aromatic carbocycles. The third kappa shape index (κ3) is 16.6. The van der Waals surface area contributed by atoms with Crippen LogP contribution in [-0.2, 0) is 20.4 Å². The van der Waals surface area contributed by atoms with Gasteiger partial charge in [0.15, 0.2) is 0 Å². The minimum absolute atomic E-state index is 0.561. The Bertz CT molecular complexity index is 376. The Hall–Kier alpha value is -1.44. The van der Waals surface area contributed by atoms with Gasteiger partial charge in [-0.1, -0.05) is 32.4 Å². The fourth-order valence-corrected chi connectivity index (χ4v) is 0.945. The summed E-state index contributed by atoms with van der Waals surface area (Å²) in [5.41, 5.74) is 4.11. The maximum Gasteiger partial charge on any atom is 0.241 e. The maximum atomic E-state index is 9.84. The standard InChI is InChI=1S/C8H11N.C3H8.C2H5NO4S/c1-7-5-3-4-6-9-8(7)2;1-3-2;1-2(4)3-7-8(5)6/h3-6,9H,1-2H3;3H2,1-2H3;1H3,(H,3,4)(H,5,6)/p-1. The van der Waals surface area contributed by atoms with Gasteiger partial charge in [-0.3, -0.25) is 4.79 Å². The molecule has 116 valence electrons. The van der Waals surface area contributed by atoms with Crippen molar-refractivity contribution in [3.8, 4) is 0 Å². The largest absolute Gasteiger partial charge is 0.748 e. The average Bonchev–Trinajstić information content (AvgIpc) is 2.54. The lowest BCUT2D eigenvalue weighted by Gasteiger charge is -2.02. The van der Waals surface area contributed by atoms with Gasteiger partial charge >= 0.3 is 0 Å². The number of nitrogens with one attached hydrogen (secondary N) is 2. The Morgan fingerprint density at radius 2 is 1.95 bits per heavy atom. The average molecular weight is 303 g/mol. The number of allylic oxidation sites excluding steroid dienone is 5. The van der Waals surface area contributed by atoms with Crippen LogP contribution in [0.3, 0.4) is 0 Å². The Labute approximate surface area is 123 Å². The minimum Gasteiger partial charge on any atom is -0.748 e. The number of hydrogen-bond donors (Lipinski definition) is 2. The van der Waals surface area contributed by atoms with E-state index >= 15 is 0 Å². The van der Waals surface area contributed by atoms with E-state index in [2.05, 4.69) is 43.4 Å². The first-order valence-corrected chi connectivity index (χ1v) is 7.15. The van der Waals surface area contributed by atoms with Gasteiger partial charge in [0.2, 0.25) is 5.91 Å². The highest BCUT2D eigenvalue weighted by molar-refractivity contribution is 7.74. The lowest BCUT2D eigenvalue weighted by molar-refractivity contribution is -0.125. The first kappa shape index (κ1) is 20.9. The lowest BCUT2D eigenvalue weighted by atomic mass is 10.2. The molecule has 0 bridgehead atoms. The molecule has 0 fully saturated rings. The van der Waals surface area contributed by atoms with Crippen molar-refractivity contribution < 1.29 is 17.8 Å². The Morgan fingerprint density at radius 1 is 1.40 bits per heavy atom. The van der Waals surface area contributed by atoms with E-state index in [4.69, 9.17) is 0 Å². The van der Waals surface area contributed by atoms with E-state index in [1.165, 1.54) is 17.7 Å². The van der Waals surface area contributed by atoms with Gasteiger partial charge in [0.05, 0.1) is 0 Å². The lowest BCUT2D eigenvalue weighted by Crippen LogP contribution is -2.21. The van der Waals surface area contributed by atoms with Gasteiger partial charge in [-0.2, -0.15) is 4.28 Å². The quantitative estimate of drug-likeness (QED) is 0.603. The van der Waals surface area contributed by atoms with Crippen molar-refractivity contribution in [2.24, 2.45) is 0 Å². The Balaban J connectivity index is 0. The molecule has 1 unspecified atom stereocenters. The van der Waals surface area contributed by atoms with Crippen LogP contribution < -0.4 is 10.8 Å². The van der Waals surface area contributed by atoms with Crippen LogP contribution in [0.2, 0.25) is 0 Å². The van der Waals surface area contributed by atoms with Gasteiger partial charge < -0.3 is 9.87 Å². The minimum atomic E-state index is -2.67. The van der Waals surface area contributed by atoms with Crippen molar-refractivity contribution in [2.75, 3.05) is 0 Å². The highest BCUT2D eigenvalue weighted by Crippen LogP contribution is 2.03. The van der Waals surface area contributed by atoms with Crippen LogP contribution in [0.4, 0.5) is 0 Å². The van der Waals surface area contributed by atoms with Gasteiger partial charge in [-0.15, -0.1) is 0 Å². The molecule has 0 saturated heterocycles. The van der Waals surface area contributed by atoms with Crippen LogP contribution in [0, 0.1) is 0 Å². The smallest absolute Gasteiger partial charge is 0.241 e. The highest BCUT2D eigenvalue weighted by Gasteiger charge is 1.90. The fraction of sp³-hybridized carbons (Fsp3) is 0.462. The molecule has 6 nitrogen and oxygen atoms in total. The molecule has 0 aliphatic carbocycles. The van der Waals surface area contributed by atoms with Crippen LogP contribution in [0.25, 0.3) is 0 Å². The van der Waals surface area contributed by atoms with Gasteiger partial charge in [-0.25, -0.2) is 9.69 Å². The van der Waals surface area contributed by atoms with Crippen molar-refractivity contribution in [1.29, 1.82) is 0 Å². The molecule has 1 atom stereocenters. The number of hydroxylamine groups is 1. The van der Waals surface area contributed by atoms with E-state index in [0.717, 1.165) is 6.92 Å². The molecular formula is C13H23N2O4S-. The summed E-state index contributed by atoms with van der Waals surface area (Å²) >= 11 is -2.67. The summed E-state index contributed by atoms with van der Waals surface area (Å²) in [6.45, 7) is 9.54. The zero-order valence-corrected chi connectivity index (χ0v) is 13.4. The molecule has 20 heavy (non-hydrogen) atoms. The van der Waals surface area contributed by atoms with E-state index in [-0.39, 0.29) is 0 Å². The van der Waals surface area contributed by atoms with E-state index in [1.807, 2.05) is 18.4 Å². The van der Waals surface area contributed by atoms with Crippen LogP contribution in [0.15, 0.2) is 35.7 Å². The predicted molar refractivity (Wildman–Crippen MR) is 79.6 cm³/mol. The van der Waals surface area contributed by atoms with Crippen LogP contribution in [0.5, 0.6) is 0 Å². The third-order valence-electron chi connectivity index (χ3n) is 1.70. The number of hydrogen-bond acceptors (Lipinski definition) is 5. The molecular weight excluding hydrogens is 280 g/mol. The summed E-state index contributed by atoms with van der Waals surface area (Å²) < 4.78 is 22.6. The molecule has 7 heteroatoms. The normalized spacial score (nSPS) is 13.9. The monoisotopic (exact) mass is 303 g/mol. The second kappa shape index (κ2) is 14.0. The molecule has 2 N–H and O–H groups in total. The molecule has 0 spiro atoms. The van der Waals surface area contributed by atoms with Gasteiger partial charge in [0.1, 0.15) is 11.4 Å². The summed E-state index contributed by atoms with van der Waals surface area (Å²) in [6.07, 6.45) is 9.28. The van der Waals surface area contributed by atoms with Gasteiger partial charge in [-0.05, 0) is 25.5 Å². The summed E-state index contributed by atoms with van der Waals surface area (Å²) in [5.74, 6) is -0.561. The predicted octanol–water partition coefficient (Wildman–Crippen LogP) is 2.22. The zero-order chi connectivity index (χ0) is 16.0. The molecule has 0 aromatic rings. The summed E-state index contributed by atoms with van der Waals surface area (Å²) in [5, 5.41) is 3.13. The number of amides is 1. The van der Waals surface area contributed by atoms with Crippen LogP contribution >= 0.6 is 0 Å². The first-order chi connectivity index (χ1) is 9.34. The molecule has 0 aromatic heterocycles. The highest BCUT2D eigenvalue weighted by atomic mass is 32.2. The van der Waals surface area contributed by atoms with Crippen molar-refractivity contribution in [1.82, 2.24) is 10.8 Å². The Kier molecular flexibility index (Phi) is 14.6. The second-order valence-corrected chi connectivity index (χ2v) is 4.40. The molecule has 1 aliphatic rings. The van der Waals surface area contributed by atoms with Crippen molar-refractivity contribution in [2.45, 2.75) is 41.0 Å². The first-order valence-electron chi connectivity index (χ1n) is 6.15. The maximum absolute atomic E-state index is 9.84. The Morgan fingerprint density at radius 3 is 2.35 bits per heavy atom. The second-order valence-electron chi connectivity index (χ2n) is 3.82. The topological polar surface area (TPSA) is 90.5 Å². The summed E-state index contributed by atoms with van der Waals surface area (Å²) in [6, 6.07) is 0. The molecule has 0 saturated carbocycles. The molecule has 1 amide bonds. The number of rotatable bonds is 2. The van der Waals surface area contributed by atoms with Gasteiger partial charge in [0.25, 0.3) is 0 Å². The number of carbonyl (C=O) groups excluding carboxylic acids is 1. The van der Waals surface area contributed by atoms with Crippen molar-refractivity contribution in [3.05, 3.63) is 35.7 Å². The van der Waals surface area contributed by atoms with Crippen molar-refractivity contribution in [3.63, 3.8) is 0 Å². The van der Waals surface area contributed by atoms with E-state index < -0.39 is 17.3 Å². The van der Waals surface area contributed by atoms with Gasteiger partial charge in [0, 0.05) is 18.8 Å². The van der Waals surface area contributed by atoms with Crippen molar-refractivity contribution >= 4 is 17.3 Å². The van der Waals surface area contributed by atoms with Crippen LogP contribution in [0.1, 0.15) is 41.0 Å². The summed E-state index contributed by atoms with van der Waals surface area (Å²) in [4.78, 5) is 9.84. The molecule has 1 heterocycles. The molecule has 1 aliphatic heterocycles. The third-order valence-corrected chi connectivity index (χ3v) is 1.92. The molecule has 1 rings (SSSR count). The fourth-order valence-electron chi connectivity index (χ4n) is 0.760.